The van der Waals surface area contributed by atoms with Crippen molar-refractivity contribution in [3.8, 4) is 0 Å². The van der Waals surface area contributed by atoms with Gasteiger partial charge < -0.3 is 0 Å². The smallest absolute Gasteiger partial charge is 0.244 e. The van der Waals surface area contributed by atoms with Gasteiger partial charge in [-0.05, 0) is 36.1 Å². The van der Waals surface area contributed by atoms with E-state index in [4.69, 9.17) is 0 Å². The molecule has 0 unspecified atom stereocenters. The zero-order valence-electron chi connectivity index (χ0n) is 12.7. The maximum absolute atomic E-state index is 12.0. The Hall–Kier alpha value is -2.16. The van der Waals surface area contributed by atoms with Crippen LogP contribution in [0.25, 0.3) is 10.8 Å². The van der Waals surface area contributed by atoms with Crippen molar-refractivity contribution in [3.63, 3.8) is 0 Å². The SMILES string of the molecule is CCCC/C(C)=N/NC(=O)Cc1cccc2ccccc12. The third-order valence-corrected chi connectivity index (χ3v) is 3.49. The summed E-state index contributed by atoms with van der Waals surface area (Å²) in [6, 6.07) is 14.2. The number of fused-ring (bicyclic) bond motifs is 1. The van der Waals surface area contributed by atoms with Crippen LogP contribution in [0.2, 0.25) is 0 Å². The van der Waals surface area contributed by atoms with Crippen molar-refractivity contribution in [3.05, 3.63) is 48.0 Å². The van der Waals surface area contributed by atoms with Crippen molar-refractivity contribution in [1.29, 1.82) is 0 Å². The first-order valence-corrected chi connectivity index (χ1v) is 7.49. The van der Waals surface area contributed by atoms with Crippen LogP contribution in [0.3, 0.4) is 0 Å². The number of benzene rings is 2. The minimum absolute atomic E-state index is 0.0674. The molecule has 3 heteroatoms. The van der Waals surface area contributed by atoms with Gasteiger partial charge in [0.1, 0.15) is 0 Å². The van der Waals surface area contributed by atoms with Gasteiger partial charge in [-0.1, -0.05) is 55.8 Å². The number of hydrazone groups is 1. The molecule has 0 saturated heterocycles. The van der Waals surface area contributed by atoms with Crippen LogP contribution in [-0.4, -0.2) is 11.6 Å². The number of hydrogen-bond acceptors (Lipinski definition) is 2. The van der Waals surface area contributed by atoms with E-state index in [0.29, 0.717) is 6.42 Å². The molecule has 2 rings (SSSR count). The Labute approximate surface area is 126 Å². The third kappa shape index (κ3) is 4.42. The lowest BCUT2D eigenvalue weighted by Crippen LogP contribution is -2.21. The summed E-state index contributed by atoms with van der Waals surface area (Å²) in [5.74, 6) is -0.0674. The van der Waals surface area contributed by atoms with Gasteiger partial charge in [-0.25, -0.2) is 5.43 Å². The second-order valence-corrected chi connectivity index (χ2v) is 5.30. The van der Waals surface area contributed by atoms with Crippen LogP contribution in [0, 0.1) is 0 Å². The molecule has 0 spiro atoms. The molecule has 0 aliphatic carbocycles. The Morgan fingerprint density at radius 3 is 2.71 bits per heavy atom. The number of carbonyl (C=O) groups is 1. The molecule has 110 valence electrons. The highest BCUT2D eigenvalue weighted by atomic mass is 16.2. The summed E-state index contributed by atoms with van der Waals surface area (Å²) >= 11 is 0. The highest BCUT2D eigenvalue weighted by Gasteiger charge is 2.06. The monoisotopic (exact) mass is 282 g/mol. The van der Waals surface area contributed by atoms with Crippen molar-refractivity contribution >= 4 is 22.4 Å². The van der Waals surface area contributed by atoms with E-state index in [9.17, 15) is 4.79 Å². The van der Waals surface area contributed by atoms with Gasteiger partial charge in [-0.3, -0.25) is 4.79 Å². The predicted molar refractivity (Wildman–Crippen MR) is 88.4 cm³/mol. The molecule has 2 aromatic carbocycles. The van der Waals surface area contributed by atoms with Gasteiger partial charge >= 0.3 is 0 Å². The van der Waals surface area contributed by atoms with E-state index < -0.39 is 0 Å². The van der Waals surface area contributed by atoms with Crippen molar-refractivity contribution in [2.75, 3.05) is 0 Å². The van der Waals surface area contributed by atoms with Gasteiger partial charge in [0.15, 0.2) is 0 Å². The van der Waals surface area contributed by atoms with Gasteiger partial charge in [-0.15, -0.1) is 0 Å². The second kappa shape index (κ2) is 7.58. The van der Waals surface area contributed by atoms with Crippen LogP contribution in [-0.2, 0) is 11.2 Å². The van der Waals surface area contributed by atoms with E-state index in [1.54, 1.807) is 0 Å². The Balaban J connectivity index is 2.02. The highest BCUT2D eigenvalue weighted by Crippen LogP contribution is 2.18. The topological polar surface area (TPSA) is 41.5 Å². The van der Waals surface area contributed by atoms with Crippen molar-refractivity contribution < 1.29 is 4.79 Å². The fourth-order valence-corrected chi connectivity index (χ4v) is 2.31. The molecule has 0 radical (unpaired) electrons. The van der Waals surface area contributed by atoms with Gasteiger partial charge in [0.05, 0.1) is 6.42 Å². The average Bonchev–Trinajstić information content (AvgIpc) is 2.51. The number of unbranched alkanes of at least 4 members (excludes halogenated alkanes) is 1. The van der Waals surface area contributed by atoms with Crippen LogP contribution in [0.5, 0.6) is 0 Å². The summed E-state index contributed by atoms with van der Waals surface area (Å²) in [6.45, 7) is 4.10. The standard InChI is InChI=1S/C18H22N2O/c1-3-4-8-14(2)19-20-18(21)13-16-11-7-10-15-9-5-6-12-17(15)16/h5-7,9-12H,3-4,8,13H2,1-2H3,(H,20,21)/b19-14+. The Bertz CT molecular complexity index is 641. The Morgan fingerprint density at radius 1 is 1.14 bits per heavy atom. The third-order valence-electron chi connectivity index (χ3n) is 3.49. The molecule has 1 N–H and O–H groups in total. The number of carbonyl (C=O) groups excluding carboxylic acids is 1. The molecule has 2 aromatic rings. The van der Waals surface area contributed by atoms with E-state index in [0.717, 1.165) is 41.3 Å². The average molecular weight is 282 g/mol. The molecule has 0 atom stereocenters. The van der Waals surface area contributed by atoms with E-state index in [-0.39, 0.29) is 5.91 Å². The molecule has 0 bridgehead atoms. The lowest BCUT2D eigenvalue weighted by atomic mass is 10.0. The minimum atomic E-state index is -0.0674. The predicted octanol–water partition coefficient (Wildman–Crippen LogP) is 4.06. The van der Waals surface area contributed by atoms with Crippen LogP contribution >= 0.6 is 0 Å². The number of nitrogens with one attached hydrogen (secondary N) is 1. The quantitative estimate of drug-likeness (QED) is 0.630. The molecule has 0 aliphatic heterocycles. The summed E-state index contributed by atoms with van der Waals surface area (Å²) < 4.78 is 0. The summed E-state index contributed by atoms with van der Waals surface area (Å²) in [7, 11) is 0. The van der Waals surface area contributed by atoms with Crippen molar-refractivity contribution in [2.45, 2.75) is 39.5 Å². The molecule has 1 amide bonds. The molecule has 0 saturated carbocycles. The van der Waals surface area contributed by atoms with Crippen LogP contribution in [0.15, 0.2) is 47.6 Å². The van der Waals surface area contributed by atoms with Gasteiger partial charge in [-0.2, -0.15) is 5.10 Å². The molecular weight excluding hydrogens is 260 g/mol. The first-order valence-electron chi connectivity index (χ1n) is 7.49. The lowest BCUT2D eigenvalue weighted by Gasteiger charge is -2.06. The molecular formula is C18H22N2O. The summed E-state index contributed by atoms with van der Waals surface area (Å²) in [5.41, 5.74) is 4.66. The molecule has 3 nitrogen and oxygen atoms in total. The largest absolute Gasteiger partial charge is 0.273 e. The zero-order valence-corrected chi connectivity index (χ0v) is 12.7. The molecule has 0 aromatic heterocycles. The van der Waals surface area contributed by atoms with E-state index in [1.807, 2.05) is 37.3 Å². The minimum Gasteiger partial charge on any atom is -0.273 e. The van der Waals surface area contributed by atoms with Gasteiger partial charge in [0.2, 0.25) is 5.91 Å². The van der Waals surface area contributed by atoms with Gasteiger partial charge in [0, 0.05) is 5.71 Å². The molecule has 21 heavy (non-hydrogen) atoms. The number of amides is 1. The van der Waals surface area contributed by atoms with Crippen LogP contribution in [0.4, 0.5) is 0 Å². The number of hydrogen-bond donors (Lipinski definition) is 1. The maximum atomic E-state index is 12.0. The fraction of sp³-hybridized carbons (Fsp3) is 0.333. The summed E-state index contributed by atoms with van der Waals surface area (Å²) in [5, 5.41) is 6.44. The molecule has 0 fully saturated rings. The number of nitrogens with zero attached hydrogens (tertiary/aromatic N) is 1. The Kier molecular flexibility index (Phi) is 5.50. The molecule has 0 heterocycles. The van der Waals surface area contributed by atoms with Crippen molar-refractivity contribution in [2.24, 2.45) is 5.10 Å². The van der Waals surface area contributed by atoms with Crippen LogP contribution in [0.1, 0.15) is 38.7 Å². The van der Waals surface area contributed by atoms with E-state index in [2.05, 4.69) is 29.6 Å². The van der Waals surface area contributed by atoms with Gasteiger partial charge in [0.25, 0.3) is 0 Å². The zero-order chi connectivity index (χ0) is 15.1. The summed E-state index contributed by atoms with van der Waals surface area (Å²) in [4.78, 5) is 12.0. The fourth-order valence-electron chi connectivity index (χ4n) is 2.31. The first kappa shape index (κ1) is 15.2. The number of rotatable bonds is 6. The second-order valence-electron chi connectivity index (χ2n) is 5.30. The lowest BCUT2D eigenvalue weighted by molar-refractivity contribution is -0.120. The molecule has 0 aliphatic rings. The van der Waals surface area contributed by atoms with Crippen LogP contribution < -0.4 is 5.43 Å². The Morgan fingerprint density at radius 2 is 1.90 bits per heavy atom. The highest BCUT2D eigenvalue weighted by molar-refractivity contribution is 5.90. The van der Waals surface area contributed by atoms with E-state index >= 15 is 0 Å². The first-order chi connectivity index (χ1) is 10.2. The van der Waals surface area contributed by atoms with E-state index in [1.165, 1.54) is 0 Å². The maximum Gasteiger partial charge on any atom is 0.244 e. The van der Waals surface area contributed by atoms with Crippen molar-refractivity contribution in [1.82, 2.24) is 5.43 Å². The normalized spacial score (nSPS) is 11.6. The summed E-state index contributed by atoms with van der Waals surface area (Å²) in [6.07, 6.45) is 3.53.